The predicted octanol–water partition coefficient (Wildman–Crippen LogP) is 5.10. The minimum Gasteiger partial charge on any atom is -0.206 e. The molecular formula is C14H8F6. The van der Waals surface area contributed by atoms with Crippen molar-refractivity contribution in [2.75, 3.05) is 0 Å². The molecule has 0 saturated heterocycles. The second-order valence-corrected chi connectivity index (χ2v) is 4.20. The lowest BCUT2D eigenvalue weighted by atomic mass is 9.97. The molecule has 2 rings (SSSR count). The van der Waals surface area contributed by atoms with Crippen molar-refractivity contribution in [3.63, 3.8) is 0 Å². The summed E-state index contributed by atoms with van der Waals surface area (Å²) in [6.45, 7) is 1.09. The molecule has 0 N–H and O–H groups in total. The van der Waals surface area contributed by atoms with E-state index in [0.717, 1.165) is 19.1 Å². The lowest BCUT2D eigenvalue weighted by Crippen LogP contribution is -2.09. The van der Waals surface area contributed by atoms with Gasteiger partial charge in [0.2, 0.25) is 0 Å². The van der Waals surface area contributed by atoms with Crippen molar-refractivity contribution >= 4 is 0 Å². The van der Waals surface area contributed by atoms with Crippen LogP contribution in [-0.2, 0) is 6.18 Å². The van der Waals surface area contributed by atoms with Gasteiger partial charge in [0.1, 0.15) is 5.82 Å². The molecule has 106 valence electrons. The van der Waals surface area contributed by atoms with Crippen LogP contribution in [-0.4, -0.2) is 0 Å². The van der Waals surface area contributed by atoms with Gasteiger partial charge in [-0.15, -0.1) is 0 Å². The van der Waals surface area contributed by atoms with Gasteiger partial charge in [0, 0.05) is 5.56 Å². The minimum absolute atomic E-state index is 0.118. The van der Waals surface area contributed by atoms with Gasteiger partial charge in [-0.1, -0.05) is 18.2 Å². The van der Waals surface area contributed by atoms with E-state index in [-0.39, 0.29) is 16.7 Å². The summed E-state index contributed by atoms with van der Waals surface area (Å²) in [5, 5.41) is 0. The van der Waals surface area contributed by atoms with Crippen LogP contribution in [0.25, 0.3) is 11.1 Å². The zero-order valence-corrected chi connectivity index (χ0v) is 10.2. The molecule has 0 amide bonds. The summed E-state index contributed by atoms with van der Waals surface area (Å²) >= 11 is 0. The first kappa shape index (κ1) is 14.4. The second-order valence-electron chi connectivity index (χ2n) is 4.20. The SMILES string of the molecule is Cc1c(-c2cccc(F)c2F)ccc(C(F)(F)F)c1F. The van der Waals surface area contributed by atoms with Gasteiger partial charge in [0.15, 0.2) is 11.6 Å². The van der Waals surface area contributed by atoms with Gasteiger partial charge in [-0.2, -0.15) is 13.2 Å². The summed E-state index contributed by atoms with van der Waals surface area (Å²) in [6, 6.07) is 4.69. The van der Waals surface area contributed by atoms with Crippen LogP contribution in [0.5, 0.6) is 0 Å². The van der Waals surface area contributed by atoms with E-state index in [2.05, 4.69) is 0 Å². The minimum atomic E-state index is -4.84. The molecule has 20 heavy (non-hydrogen) atoms. The highest BCUT2D eigenvalue weighted by atomic mass is 19.4. The Morgan fingerprint density at radius 1 is 0.800 bits per heavy atom. The van der Waals surface area contributed by atoms with Gasteiger partial charge in [0.05, 0.1) is 5.56 Å². The van der Waals surface area contributed by atoms with Crippen molar-refractivity contribution in [1.82, 2.24) is 0 Å². The van der Waals surface area contributed by atoms with E-state index in [4.69, 9.17) is 0 Å². The number of alkyl halides is 3. The zero-order valence-electron chi connectivity index (χ0n) is 10.2. The van der Waals surface area contributed by atoms with Crippen molar-refractivity contribution in [2.45, 2.75) is 13.1 Å². The van der Waals surface area contributed by atoms with Crippen LogP contribution >= 0.6 is 0 Å². The maximum absolute atomic E-state index is 13.7. The first-order valence-electron chi connectivity index (χ1n) is 5.54. The van der Waals surface area contributed by atoms with Crippen LogP contribution in [0.2, 0.25) is 0 Å². The molecule has 0 spiro atoms. The Labute approximate surface area is 110 Å². The summed E-state index contributed by atoms with van der Waals surface area (Å²) < 4.78 is 78.1. The van der Waals surface area contributed by atoms with Gasteiger partial charge in [0.25, 0.3) is 0 Å². The third-order valence-corrected chi connectivity index (χ3v) is 2.93. The number of hydrogen-bond acceptors (Lipinski definition) is 0. The van der Waals surface area contributed by atoms with Crippen LogP contribution in [0.4, 0.5) is 26.3 Å². The summed E-state index contributed by atoms with van der Waals surface area (Å²) in [5.41, 5.74) is -2.22. The fourth-order valence-corrected chi connectivity index (χ4v) is 1.91. The van der Waals surface area contributed by atoms with Crippen molar-refractivity contribution in [3.05, 3.63) is 58.9 Å². The van der Waals surface area contributed by atoms with Gasteiger partial charge in [-0.05, 0) is 30.2 Å². The summed E-state index contributed by atoms with van der Waals surface area (Å²) in [6.07, 6.45) is -4.84. The highest BCUT2D eigenvalue weighted by molar-refractivity contribution is 5.68. The quantitative estimate of drug-likeness (QED) is 0.641. The van der Waals surface area contributed by atoms with Gasteiger partial charge < -0.3 is 0 Å². The highest BCUT2D eigenvalue weighted by Crippen LogP contribution is 2.36. The van der Waals surface area contributed by atoms with E-state index in [1.165, 1.54) is 12.1 Å². The Hall–Kier alpha value is -1.98. The van der Waals surface area contributed by atoms with Crippen LogP contribution < -0.4 is 0 Å². The van der Waals surface area contributed by atoms with Crippen LogP contribution in [0, 0.1) is 24.4 Å². The zero-order chi connectivity index (χ0) is 15.1. The van der Waals surface area contributed by atoms with Gasteiger partial charge in [-0.3, -0.25) is 0 Å². The lowest BCUT2D eigenvalue weighted by molar-refractivity contribution is -0.140. The molecule has 0 nitrogen and oxygen atoms in total. The molecule has 0 aromatic heterocycles. The molecule has 0 bridgehead atoms. The number of halogens is 6. The predicted molar refractivity (Wildman–Crippen MR) is 61.5 cm³/mol. The molecule has 0 radical (unpaired) electrons. The molecule has 2 aromatic rings. The first-order valence-corrected chi connectivity index (χ1v) is 5.54. The lowest BCUT2D eigenvalue weighted by Gasteiger charge is -2.13. The number of rotatable bonds is 1. The fraction of sp³-hybridized carbons (Fsp3) is 0.143. The molecule has 0 aliphatic carbocycles. The molecule has 0 heterocycles. The Kier molecular flexibility index (Phi) is 3.50. The molecule has 6 heteroatoms. The Balaban J connectivity index is 2.66. The molecule has 0 unspecified atom stereocenters. The maximum Gasteiger partial charge on any atom is 0.419 e. The van der Waals surface area contributed by atoms with E-state index in [1.807, 2.05) is 0 Å². The molecule has 0 aliphatic heterocycles. The maximum atomic E-state index is 13.7. The van der Waals surface area contributed by atoms with E-state index >= 15 is 0 Å². The van der Waals surface area contributed by atoms with E-state index in [9.17, 15) is 26.3 Å². The molecule has 0 fully saturated rings. The monoisotopic (exact) mass is 290 g/mol. The van der Waals surface area contributed by atoms with Gasteiger partial charge in [-0.25, -0.2) is 13.2 Å². The Morgan fingerprint density at radius 2 is 1.45 bits per heavy atom. The molecule has 0 aliphatic rings. The fourth-order valence-electron chi connectivity index (χ4n) is 1.91. The molecule has 0 saturated carbocycles. The largest absolute Gasteiger partial charge is 0.419 e. The molecular weight excluding hydrogens is 282 g/mol. The second kappa shape index (κ2) is 4.85. The third kappa shape index (κ3) is 2.37. The van der Waals surface area contributed by atoms with E-state index < -0.39 is 29.2 Å². The first-order chi connectivity index (χ1) is 9.23. The van der Waals surface area contributed by atoms with Crippen molar-refractivity contribution < 1.29 is 26.3 Å². The Bertz CT molecular complexity index is 657. The Morgan fingerprint density at radius 3 is 2.05 bits per heavy atom. The standard InChI is InChI=1S/C14H8F6/c1-7-8(9-3-2-4-11(15)13(9)17)5-6-10(12(7)16)14(18,19)20/h2-6H,1H3. The topological polar surface area (TPSA) is 0 Å². The van der Waals surface area contributed by atoms with Crippen LogP contribution in [0.3, 0.4) is 0 Å². The summed E-state index contributed by atoms with van der Waals surface area (Å²) in [5.74, 6) is -3.87. The van der Waals surface area contributed by atoms with E-state index in [1.54, 1.807) is 0 Å². The number of benzene rings is 2. The van der Waals surface area contributed by atoms with Crippen LogP contribution in [0.1, 0.15) is 11.1 Å². The third-order valence-electron chi connectivity index (χ3n) is 2.93. The van der Waals surface area contributed by atoms with Gasteiger partial charge >= 0.3 is 6.18 Å². The normalized spacial score (nSPS) is 11.8. The van der Waals surface area contributed by atoms with E-state index in [0.29, 0.717) is 6.07 Å². The summed E-state index contributed by atoms with van der Waals surface area (Å²) in [4.78, 5) is 0. The molecule has 2 aromatic carbocycles. The molecule has 0 atom stereocenters. The van der Waals surface area contributed by atoms with Crippen molar-refractivity contribution in [2.24, 2.45) is 0 Å². The highest BCUT2D eigenvalue weighted by Gasteiger charge is 2.35. The summed E-state index contributed by atoms with van der Waals surface area (Å²) in [7, 11) is 0. The smallest absolute Gasteiger partial charge is 0.206 e. The number of hydrogen-bond donors (Lipinski definition) is 0. The average Bonchev–Trinajstić information content (AvgIpc) is 2.35. The van der Waals surface area contributed by atoms with Crippen LogP contribution in [0.15, 0.2) is 30.3 Å². The average molecular weight is 290 g/mol. The van der Waals surface area contributed by atoms with Crippen molar-refractivity contribution in [3.8, 4) is 11.1 Å². The van der Waals surface area contributed by atoms with Crippen molar-refractivity contribution in [1.29, 1.82) is 0 Å².